The van der Waals surface area contributed by atoms with Gasteiger partial charge < -0.3 is 14.8 Å². The summed E-state index contributed by atoms with van der Waals surface area (Å²) in [5.74, 6) is 1.77. The van der Waals surface area contributed by atoms with Crippen molar-refractivity contribution in [1.29, 1.82) is 0 Å². The lowest BCUT2D eigenvalue weighted by Gasteiger charge is -2.06. The Kier molecular flexibility index (Phi) is 6.42. The van der Waals surface area contributed by atoms with Gasteiger partial charge in [-0.1, -0.05) is 0 Å². The topological polar surface area (TPSA) is 30.5 Å². The van der Waals surface area contributed by atoms with E-state index < -0.39 is 0 Å². The van der Waals surface area contributed by atoms with Gasteiger partial charge >= 0.3 is 0 Å². The highest BCUT2D eigenvalue weighted by Crippen LogP contribution is 2.17. The summed E-state index contributed by atoms with van der Waals surface area (Å²) >= 11 is 0. The molecule has 0 unspecified atom stereocenters. The highest BCUT2D eigenvalue weighted by Gasteiger charge is 1.95. The smallest absolute Gasteiger partial charge is 0.119 e. The number of rotatable bonds is 8. The van der Waals surface area contributed by atoms with Crippen molar-refractivity contribution in [1.82, 2.24) is 5.32 Å². The van der Waals surface area contributed by atoms with Crippen LogP contribution in [0.3, 0.4) is 0 Å². The van der Waals surface area contributed by atoms with Gasteiger partial charge in [0.25, 0.3) is 0 Å². The summed E-state index contributed by atoms with van der Waals surface area (Å²) in [6.45, 7) is 1.87. The average molecular weight is 223 g/mol. The zero-order chi connectivity index (χ0) is 11.6. The summed E-state index contributed by atoms with van der Waals surface area (Å²) in [5.41, 5.74) is 0. The van der Waals surface area contributed by atoms with Crippen LogP contribution in [0.25, 0.3) is 0 Å². The van der Waals surface area contributed by atoms with Crippen molar-refractivity contribution in [3.63, 3.8) is 0 Å². The van der Waals surface area contributed by atoms with E-state index in [4.69, 9.17) is 9.47 Å². The molecular weight excluding hydrogens is 202 g/mol. The van der Waals surface area contributed by atoms with Crippen molar-refractivity contribution in [3.8, 4) is 11.5 Å². The fourth-order valence-corrected chi connectivity index (χ4v) is 1.44. The molecule has 90 valence electrons. The quantitative estimate of drug-likeness (QED) is 0.687. The van der Waals surface area contributed by atoms with Crippen LogP contribution in [0.2, 0.25) is 0 Å². The fourth-order valence-electron chi connectivity index (χ4n) is 1.44. The maximum atomic E-state index is 5.61. The molecule has 0 heterocycles. The molecule has 0 atom stereocenters. The minimum atomic E-state index is 0.788. The molecule has 1 N–H and O–H groups in total. The molecule has 0 spiro atoms. The van der Waals surface area contributed by atoms with Crippen molar-refractivity contribution in [2.24, 2.45) is 0 Å². The van der Waals surface area contributed by atoms with Crippen LogP contribution in [0.5, 0.6) is 11.5 Å². The largest absolute Gasteiger partial charge is 0.497 e. The third-order valence-corrected chi connectivity index (χ3v) is 2.40. The van der Waals surface area contributed by atoms with E-state index in [-0.39, 0.29) is 0 Å². The highest BCUT2D eigenvalue weighted by atomic mass is 16.5. The van der Waals surface area contributed by atoms with Crippen molar-refractivity contribution in [2.75, 3.05) is 27.3 Å². The van der Waals surface area contributed by atoms with Crippen LogP contribution in [0.15, 0.2) is 24.3 Å². The van der Waals surface area contributed by atoms with Gasteiger partial charge in [-0.05, 0) is 57.1 Å². The first-order valence-corrected chi connectivity index (χ1v) is 5.78. The van der Waals surface area contributed by atoms with Gasteiger partial charge in [0, 0.05) is 0 Å². The standard InChI is InChI=1S/C13H21NO2/c1-14-10-4-3-5-11-16-13-8-6-12(15-2)7-9-13/h6-9,14H,3-5,10-11H2,1-2H3. The number of benzene rings is 1. The first-order valence-electron chi connectivity index (χ1n) is 5.78. The lowest BCUT2D eigenvalue weighted by Crippen LogP contribution is -2.07. The van der Waals surface area contributed by atoms with Crippen LogP contribution < -0.4 is 14.8 Å². The molecule has 0 amide bonds. The number of ether oxygens (including phenoxy) is 2. The Bertz CT molecular complexity index is 272. The van der Waals surface area contributed by atoms with Gasteiger partial charge in [-0.2, -0.15) is 0 Å². The zero-order valence-corrected chi connectivity index (χ0v) is 10.2. The molecule has 0 fully saturated rings. The Morgan fingerprint density at radius 1 is 1.00 bits per heavy atom. The van der Waals surface area contributed by atoms with Crippen LogP contribution in [-0.4, -0.2) is 27.3 Å². The van der Waals surface area contributed by atoms with Crippen LogP contribution in [0.1, 0.15) is 19.3 Å². The number of methoxy groups -OCH3 is 1. The van der Waals surface area contributed by atoms with Gasteiger partial charge in [0.05, 0.1) is 13.7 Å². The molecule has 16 heavy (non-hydrogen) atoms. The molecule has 0 aromatic heterocycles. The van der Waals surface area contributed by atoms with E-state index in [0.29, 0.717) is 0 Å². The molecule has 1 aromatic carbocycles. The third kappa shape index (κ3) is 5.03. The number of nitrogens with one attached hydrogen (secondary N) is 1. The number of hydrogen-bond acceptors (Lipinski definition) is 3. The fraction of sp³-hybridized carbons (Fsp3) is 0.538. The van der Waals surface area contributed by atoms with Crippen LogP contribution in [0.4, 0.5) is 0 Å². The Hall–Kier alpha value is -1.22. The summed E-state index contributed by atoms with van der Waals surface area (Å²) in [5, 5.41) is 3.13. The van der Waals surface area contributed by atoms with E-state index >= 15 is 0 Å². The molecule has 0 radical (unpaired) electrons. The van der Waals surface area contributed by atoms with Gasteiger partial charge in [0.15, 0.2) is 0 Å². The van der Waals surface area contributed by atoms with Crippen molar-refractivity contribution in [3.05, 3.63) is 24.3 Å². The zero-order valence-electron chi connectivity index (χ0n) is 10.2. The van der Waals surface area contributed by atoms with E-state index in [0.717, 1.165) is 31.1 Å². The normalized spacial score (nSPS) is 10.1. The van der Waals surface area contributed by atoms with Crippen molar-refractivity contribution >= 4 is 0 Å². The second kappa shape index (κ2) is 7.99. The maximum Gasteiger partial charge on any atom is 0.119 e. The van der Waals surface area contributed by atoms with E-state index in [9.17, 15) is 0 Å². The predicted octanol–water partition coefficient (Wildman–Crippen LogP) is 2.46. The van der Waals surface area contributed by atoms with Crippen LogP contribution in [0, 0.1) is 0 Å². The van der Waals surface area contributed by atoms with Gasteiger partial charge in [-0.3, -0.25) is 0 Å². The Morgan fingerprint density at radius 2 is 1.69 bits per heavy atom. The molecule has 0 aliphatic carbocycles. The molecule has 0 aliphatic rings. The molecule has 0 aliphatic heterocycles. The van der Waals surface area contributed by atoms with E-state index in [1.807, 2.05) is 31.3 Å². The molecule has 0 saturated heterocycles. The van der Waals surface area contributed by atoms with Crippen molar-refractivity contribution < 1.29 is 9.47 Å². The number of hydrogen-bond donors (Lipinski definition) is 1. The van der Waals surface area contributed by atoms with E-state index in [1.165, 1.54) is 12.8 Å². The van der Waals surface area contributed by atoms with Gasteiger partial charge in [-0.15, -0.1) is 0 Å². The molecule has 0 saturated carbocycles. The van der Waals surface area contributed by atoms with Gasteiger partial charge in [-0.25, -0.2) is 0 Å². The molecular formula is C13H21NO2. The average Bonchev–Trinajstić information content (AvgIpc) is 2.34. The molecule has 1 aromatic rings. The van der Waals surface area contributed by atoms with E-state index in [1.54, 1.807) is 7.11 Å². The van der Waals surface area contributed by atoms with Crippen molar-refractivity contribution in [2.45, 2.75) is 19.3 Å². The molecule has 3 nitrogen and oxygen atoms in total. The highest BCUT2D eigenvalue weighted by molar-refractivity contribution is 5.30. The number of unbranched alkanes of at least 4 members (excludes halogenated alkanes) is 2. The minimum absolute atomic E-state index is 0.788. The lowest BCUT2D eigenvalue weighted by molar-refractivity contribution is 0.304. The monoisotopic (exact) mass is 223 g/mol. The van der Waals surface area contributed by atoms with Crippen LogP contribution >= 0.6 is 0 Å². The Balaban J connectivity index is 2.12. The summed E-state index contributed by atoms with van der Waals surface area (Å²) < 4.78 is 10.7. The Morgan fingerprint density at radius 3 is 2.31 bits per heavy atom. The first-order chi connectivity index (χ1) is 7.86. The molecule has 1 rings (SSSR count). The van der Waals surface area contributed by atoms with Gasteiger partial charge in [0.2, 0.25) is 0 Å². The molecule has 3 heteroatoms. The Labute approximate surface area is 97.8 Å². The first kappa shape index (κ1) is 12.8. The van der Waals surface area contributed by atoms with Gasteiger partial charge in [0.1, 0.15) is 11.5 Å². The second-order valence-corrected chi connectivity index (χ2v) is 3.69. The molecule has 0 bridgehead atoms. The summed E-state index contributed by atoms with van der Waals surface area (Å²) in [7, 11) is 3.64. The SMILES string of the molecule is CNCCCCCOc1ccc(OC)cc1. The summed E-state index contributed by atoms with van der Waals surface area (Å²) in [6, 6.07) is 7.70. The third-order valence-electron chi connectivity index (χ3n) is 2.40. The van der Waals surface area contributed by atoms with E-state index in [2.05, 4.69) is 5.32 Å². The maximum absolute atomic E-state index is 5.61. The lowest BCUT2D eigenvalue weighted by atomic mass is 10.2. The minimum Gasteiger partial charge on any atom is -0.497 e. The predicted molar refractivity (Wildman–Crippen MR) is 66.3 cm³/mol. The summed E-state index contributed by atoms with van der Waals surface area (Å²) in [4.78, 5) is 0. The summed E-state index contributed by atoms with van der Waals surface area (Å²) in [6.07, 6.45) is 3.52. The second-order valence-electron chi connectivity index (χ2n) is 3.69. The van der Waals surface area contributed by atoms with Crippen LogP contribution in [-0.2, 0) is 0 Å².